The molecule has 2 rings (SSSR count). The molecule has 26 heavy (non-hydrogen) atoms. The Hall–Kier alpha value is -0.950. The lowest BCUT2D eigenvalue weighted by molar-refractivity contribution is 0.0147. The van der Waals surface area contributed by atoms with E-state index in [1.807, 2.05) is 0 Å². The molecule has 1 aliphatic carbocycles. The predicted octanol–water partition coefficient (Wildman–Crippen LogP) is 4.00. The molecule has 0 radical (unpaired) electrons. The van der Waals surface area contributed by atoms with Gasteiger partial charge in [-0.3, -0.25) is 0 Å². The quantitative estimate of drug-likeness (QED) is 0.622. The molecule has 1 saturated heterocycles. The third kappa shape index (κ3) is 10.9. The van der Waals surface area contributed by atoms with Crippen LogP contribution in [0.15, 0.2) is 0 Å². The molecule has 0 bridgehead atoms. The van der Waals surface area contributed by atoms with Gasteiger partial charge in [-0.1, -0.05) is 7.43 Å². The Morgan fingerprint density at radius 1 is 0.923 bits per heavy atom. The molecule has 0 aromatic carbocycles. The predicted molar refractivity (Wildman–Crippen MR) is 98.7 cm³/mol. The molecule has 2 fully saturated rings. The zero-order chi connectivity index (χ0) is 19.0. The van der Waals surface area contributed by atoms with Gasteiger partial charge >= 0.3 is 6.09 Å². The fourth-order valence-electron chi connectivity index (χ4n) is 2.84. The average Bonchev–Trinajstić information content (AvgIpc) is 2.77. The Morgan fingerprint density at radius 2 is 1.50 bits per heavy atom. The van der Waals surface area contributed by atoms with Crippen molar-refractivity contribution in [3.8, 4) is 0 Å². The van der Waals surface area contributed by atoms with E-state index in [-0.39, 0.29) is 26.6 Å². The minimum absolute atomic E-state index is 0. The van der Waals surface area contributed by atoms with Crippen LogP contribution in [0.5, 0.6) is 0 Å². The molecular weight excluding hydrogens is 344 g/mol. The first-order valence-corrected chi connectivity index (χ1v) is 9.19. The van der Waals surface area contributed by atoms with Gasteiger partial charge in [-0.2, -0.15) is 0 Å². The topological polar surface area (TPSA) is 70.0 Å². The molecule has 1 aliphatic heterocycles. The van der Waals surface area contributed by atoms with E-state index in [0.717, 1.165) is 12.8 Å². The van der Waals surface area contributed by atoms with Crippen LogP contribution >= 0.6 is 0 Å². The normalized spacial score (nSPS) is 30.0. The van der Waals surface area contributed by atoms with Gasteiger partial charge in [0.1, 0.15) is 17.9 Å². The number of rotatable bonds is 0. The van der Waals surface area contributed by atoms with E-state index in [2.05, 4.69) is 0 Å². The van der Waals surface area contributed by atoms with Crippen molar-refractivity contribution in [3.63, 3.8) is 0 Å². The van der Waals surface area contributed by atoms with E-state index < -0.39 is 30.1 Å². The molecule has 0 aromatic heterocycles. The van der Waals surface area contributed by atoms with Crippen molar-refractivity contribution in [1.29, 1.82) is 0 Å². The third-order valence-corrected chi connectivity index (χ3v) is 4.18. The summed E-state index contributed by atoms with van der Waals surface area (Å²) in [5.41, 5.74) is -0.597. The monoisotopic (exact) mass is 381 g/mol. The number of hydrogen-bond donors (Lipinski definition) is 2. The lowest BCUT2D eigenvalue weighted by Gasteiger charge is -2.27. The van der Waals surface area contributed by atoms with E-state index in [1.165, 1.54) is 4.90 Å². The molecule has 2 aliphatic rings. The summed E-state index contributed by atoms with van der Waals surface area (Å²) in [6.07, 6.45) is 1.00. The van der Waals surface area contributed by atoms with Gasteiger partial charge in [0.25, 0.3) is 0 Å². The fraction of sp³-hybridized carbons (Fsp3) is 0.947. The van der Waals surface area contributed by atoms with Crippen LogP contribution in [0.3, 0.4) is 0 Å². The minimum atomic E-state index is -1.08. The van der Waals surface area contributed by atoms with Gasteiger partial charge in [0.15, 0.2) is 0 Å². The molecule has 4 atom stereocenters. The number of nitrogens with zero attached hydrogens (tertiary/aromatic N) is 1. The van der Waals surface area contributed by atoms with Crippen molar-refractivity contribution in [2.24, 2.45) is 0 Å². The minimum Gasteiger partial charge on any atom is -0.444 e. The van der Waals surface area contributed by atoms with Crippen LogP contribution in [0.25, 0.3) is 0 Å². The summed E-state index contributed by atoms with van der Waals surface area (Å²) in [6.45, 7) is 5.42. The Balaban J connectivity index is 0.000000532. The van der Waals surface area contributed by atoms with Crippen LogP contribution in [0, 0.1) is 0 Å². The van der Waals surface area contributed by atoms with Gasteiger partial charge in [0.2, 0.25) is 0 Å². The summed E-state index contributed by atoms with van der Waals surface area (Å²) >= 11 is 0. The molecule has 156 valence electrons. The molecule has 1 heterocycles. The van der Waals surface area contributed by atoms with E-state index in [0.29, 0.717) is 32.1 Å². The maximum Gasteiger partial charge on any atom is 0.410 e. The maximum atomic E-state index is 13.3. The van der Waals surface area contributed by atoms with Crippen molar-refractivity contribution in [2.75, 3.05) is 13.1 Å². The highest BCUT2D eigenvalue weighted by Gasteiger charge is 2.29. The van der Waals surface area contributed by atoms with E-state index in [4.69, 9.17) is 9.84 Å². The fourth-order valence-corrected chi connectivity index (χ4v) is 2.84. The number of alkyl halides is 2. The maximum absolute atomic E-state index is 13.3. The lowest BCUT2D eigenvalue weighted by Crippen LogP contribution is -2.41. The zero-order valence-corrected chi connectivity index (χ0v) is 15.6. The number of likely N-dealkylation sites (tertiary alicyclic amines) is 1. The number of carbonyl (C=O) groups excluding carboxylic acids is 1. The Kier molecular flexibility index (Phi) is 11.3. The molecule has 0 spiro atoms. The van der Waals surface area contributed by atoms with Gasteiger partial charge in [0, 0.05) is 0 Å². The van der Waals surface area contributed by atoms with Gasteiger partial charge in [-0.05, 0) is 65.7 Å². The van der Waals surface area contributed by atoms with Crippen molar-refractivity contribution in [1.82, 2.24) is 4.90 Å². The summed E-state index contributed by atoms with van der Waals surface area (Å²) in [7, 11) is 0. The number of aliphatic hydroxyl groups is 2. The molecule has 5 nitrogen and oxygen atoms in total. The summed E-state index contributed by atoms with van der Waals surface area (Å²) in [5.74, 6) is 0. The smallest absolute Gasteiger partial charge is 0.410 e. The van der Waals surface area contributed by atoms with Crippen LogP contribution in [0.4, 0.5) is 13.6 Å². The highest BCUT2D eigenvalue weighted by molar-refractivity contribution is 5.68. The number of carbonyl (C=O) groups is 1. The summed E-state index contributed by atoms with van der Waals surface area (Å²) in [5, 5.41) is 18.5. The number of β-amino-alcohol motifs (C(OH)–C–C–N with tert-alkyl or cyclic N) is 1. The summed E-state index contributed by atoms with van der Waals surface area (Å²) < 4.78 is 30.9. The molecule has 1 saturated carbocycles. The Morgan fingerprint density at radius 3 is 2.12 bits per heavy atom. The first-order valence-electron chi connectivity index (χ1n) is 9.19. The van der Waals surface area contributed by atoms with Crippen molar-refractivity contribution >= 4 is 6.09 Å². The van der Waals surface area contributed by atoms with E-state index in [1.54, 1.807) is 20.8 Å². The summed E-state index contributed by atoms with van der Waals surface area (Å²) in [6, 6.07) is 0. The molecule has 7 heteroatoms. The number of ether oxygens (including phenoxy) is 1. The first-order chi connectivity index (χ1) is 11.6. The van der Waals surface area contributed by atoms with Crippen LogP contribution in [0.1, 0.15) is 73.1 Å². The lowest BCUT2D eigenvalue weighted by atomic mass is 10.2. The van der Waals surface area contributed by atoms with Gasteiger partial charge in [-0.15, -0.1) is 0 Å². The highest BCUT2D eigenvalue weighted by Crippen LogP contribution is 2.20. The Labute approximate surface area is 156 Å². The van der Waals surface area contributed by atoms with E-state index in [9.17, 15) is 18.7 Å². The number of aliphatic hydroxyl groups excluding tert-OH is 2. The second-order valence-electron chi connectivity index (χ2n) is 7.97. The summed E-state index contributed by atoms with van der Waals surface area (Å²) in [4.78, 5) is 12.9. The van der Waals surface area contributed by atoms with Crippen LogP contribution in [-0.2, 0) is 4.74 Å². The molecular formula is C19H37F2NO4. The van der Waals surface area contributed by atoms with Crippen LogP contribution < -0.4 is 0 Å². The number of halogens is 2. The molecule has 2 N–H and O–H groups in total. The average molecular weight is 382 g/mol. The van der Waals surface area contributed by atoms with Crippen LogP contribution in [-0.4, -0.2) is 64.4 Å². The SMILES string of the molecule is C.CC(C)(C)OC(=O)N1CC(O)CCC(F)C1.OC1CCCC(F)CC1. The second kappa shape index (κ2) is 11.7. The zero-order valence-electron chi connectivity index (χ0n) is 15.6. The van der Waals surface area contributed by atoms with Crippen molar-refractivity contribution in [3.05, 3.63) is 0 Å². The molecule has 4 unspecified atom stereocenters. The van der Waals surface area contributed by atoms with E-state index >= 15 is 0 Å². The first kappa shape index (κ1) is 25.1. The largest absolute Gasteiger partial charge is 0.444 e. The molecule has 1 amide bonds. The van der Waals surface area contributed by atoms with Crippen molar-refractivity contribution < 1.29 is 28.5 Å². The standard InChI is InChI=1S/C11H20FNO3.C7H13FO.CH4/c1-11(2,3)16-10(15)13-6-8(12)4-5-9(14)7-13;8-6-2-1-3-7(9)5-4-6;/h8-9,14H,4-7H2,1-3H3;6-7,9H,1-5H2;1H4. The van der Waals surface area contributed by atoms with Crippen LogP contribution in [0.2, 0.25) is 0 Å². The highest BCUT2D eigenvalue weighted by atomic mass is 19.1. The second-order valence-corrected chi connectivity index (χ2v) is 7.97. The number of hydrogen-bond acceptors (Lipinski definition) is 4. The third-order valence-electron chi connectivity index (χ3n) is 4.18. The van der Waals surface area contributed by atoms with Gasteiger partial charge in [0.05, 0.1) is 25.3 Å². The van der Waals surface area contributed by atoms with Gasteiger partial charge < -0.3 is 19.8 Å². The number of amides is 1. The Bertz CT molecular complexity index is 381. The van der Waals surface area contributed by atoms with Crippen molar-refractivity contribution in [2.45, 2.75) is 103 Å². The van der Waals surface area contributed by atoms with Gasteiger partial charge in [-0.25, -0.2) is 13.6 Å². The molecule has 0 aromatic rings.